The van der Waals surface area contributed by atoms with Crippen LogP contribution >= 0.6 is 0 Å². The molecule has 8 unspecified atom stereocenters. The lowest BCUT2D eigenvalue weighted by molar-refractivity contribution is -0.235. The van der Waals surface area contributed by atoms with Crippen molar-refractivity contribution in [3.8, 4) is 0 Å². The second-order valence-electron chi connectivity index (χ2n) is 10.2. The van der Waals surface area contributed by atoms with Gasteiger partial charge in [-0.2, -0.15) is 0 Å². The molecule has 4 nitrogen and oxygen atoms in total. The zero-order valence-corrected chi connectivity index (χ0v) is 16.5. The number of carbonyl (C=O) groups is 1. The number of aliphatic hydroxyl groups excluding tert-OH is 2. The van der Waals surface area contributed by atoms with Crippen molar-refractivity contribution in [3.63, 3.8) is 0 Å². The molecular weight excluding hydrogens is 328 g/mol. The highest BCUT2D eigenvalue weighted by Gasteiger charge is 2.70. The van der Waals surface area contributed by atoms with Crippen molar-refractivity contribution < 1.29 is 19.7 Å². The van der Waals surface area contributed by atoms with E-state index in [9.17, 15) is 15.0 Å². The topological polar surface area (TPSA) is 66.8 Å². The lowest BCUT2D eigenvalue weighted by atomic mass is 9.40. The molecule has 4 aliphatic rings. The number of fused-ring (bicyclic) bond motifs is 3. The first-order valence-corrected chi connectivity index (χ1v) is 10.3. The average molecular weight is 363 g/mol. The minimum Gasteiger partial charge on any atom is -0.462 e. The summed E-state index contributed by atoms with van der Waals surface area (Å²) >= 11 is 0. The summed E-state index contributed by atoms with van der Waals surface area (Å²) in [6, 6.07) is 0. The minimum atomic E-state index is -0.579. The van der Waals surface area contributed by atoms with E-state index in [1.54, 1.807) is 0 Å². The number of rotatable bonds is 2. The van der Waals surface area contributed by atoms with Crippen LogP contribution in [0.15, 0.2) is 12.2 Å². The van der Waals surface area contributed by atoms with Gasteiger partial charge in [0.1, 0.15) is 6.10 Å². The Hall–Kier alpha value is -0.870. The molecule has 2 N–H and O–H groups in total. The summed E-state index contributed by atoms with van der Waals surface area (Å²) in [5.74, 6) is 0.716. The van der Waals surface area contributed by atoms with E-state index in [4.69, 9.17) is 4.74 Å². The average Bonchev–Trinajstić information content (AvgIpc) is 2.78. The molecule has 0 aromatic heterocycles. The van der Waals surface area contributed by atoms with Crippen molar-refractivity contribution in [3.05, 3.63) is 12.2 Å². The molecule has 26 heavy (non-hydrogen) atoms. The number of carbonyl (C=O) groups excluding carboxylic acids is 1. The highest BCUT2D eigenvalue weighted by atomic mass is 16.5. The van der Waals surface area contributed by atoms with E-state index in [0.717, 1.165) is 50.5 Å². The Kier molecular flexibility index (Phi) is 4.13. The van der Waals surface area contributed by atoms with Gasteiger partial charge in [-0.05, 0) is 72.7 Å². The summed E-state index contributed by atoms with van der Waals surface area (Å²) in [7, 11) is 0. The fraction of sp³-hybridized carbons (Fsp3) is 0.864. The van der Waals surface area contributed by atoms with Crippen LogP contribution in [0.5, 0.6) is 0 Å². The smallest absolute Gasteiger partial charge is 0.302 e. The van der Waals surface area contributed by atoms with E-state index in [1.807, 2.05) is 0 Å². The summed E-state index contributed by atoms with van der Waals surface area (Å²) in [4.78, 5) is 11.9. The van der Waals surface area contributed by atoms with Crippen LogP contribution < -0.4 is 0 Å². The summed E-state index contributed by atoms with van der Waals surface area (Å²) < 4.78 is 5.91. The molecule has 0 aromatic carbocycles. The molecule has 0 radical (unpaired) electrons. The molecule has 8 atom stereocenters. The zero-order chi connectivity index (χ0) is 18.9. The molecule has 4 aliphatic carbocycles. The molecule has 0 aromatic rings. The molecule has 4 rings (SSSR count). The minimum absolute atomic E-state index is 0.0724. The van der Waals surface area contributed by atoms with Crippen molar-refractivity contribution in [1.29, 1.82) is 0 Å². The predicted octanol–water partition coefficient (Wildman–Crippen LogP) is 3.46. The number of hydrogen-bond donors (Lipinski definition) is 2. The second kappa shape index (κ2) is 5.81. The molecule has 4 saturated carbocycles. The molecule has 4 fully saturated rings. The predicted molar refractivity (Wildman–Crippen MR) is 99.2 cm³/mol. The van der Waals surface area contributed by atoms with Crippen LogP contribution in [-0.2, 0) is 9.53 Å². The Morgan fingerprint density at radius 2 is 2.00 bits per heavy atom. The molecule has 2 bridgehead atoms. The van der Waals surface area contributed by atoms with Gasteiger partial charge in [0.2, 0.25) is 0 Å². The van der Waals surface area contributed by atoms with Gasteiger partial charge >= 0.3 is 5.97 Å². The third-order valence-electron chi connectivity index (χ3n) is 9.05. The number of hydrogen-bond acceptors (Lipinski definition) is 4. The van der Waals surface area contributed by atoms with E-state index < -0.39 is 6.10 Å². The highest BCUT2D eigenvalue weighted by molar-refractivity contribution is 5.66. The van der Waals surface area contributed by atoms with Crippen LogP contribution in [0.3, 0.4) is 0 Å². The first-order chi connectivity index (χ1) is 12.2. The number of aliphatic hydroxyl groups is 2. The van der Waals surface area contributed by atoms with Crippen LogP contribution in [0.4, 0.5) is 0 Å². The van der Waals surface area contributed by atoms with Crippen molar-refractivity contribution in [2.45, 2.75) is 77.9 Å². The van der Waals surface area contributed by atoms with Crippen LogP contribution in [0.25, 0.3) is 0 Å². The van der Waals surface area contributed by atoms with E-state index >= 15 is 0 Å². The van der Waals surface area contributed by atoms with Gasteiger partial charge in [0.25, 0.3) is 0 Å². The fourth-order valence-corrected chi connectivity index (χ4v) is 7.94. The van der Waals surface area contributed by atoms with Crippen LogP contribution in [-0.4, -0.2) is 35.0 Å². The van der Waals surface area contributed by atoms with Crippen LogP contribution in [0, 0.1) is 34.0 Å². The van der Waals surface area contributed by atoms with E-state index in [1.165, 1.54) is 6.92 Å². The summed E-state index contributed by atoms with van der Waals surface area (Å²) in [6.45, 7) is 10.5. The number of esters is 1. The lowest BCUT2D eigenvalue weighted by Crippen LogP contribution is -2.65. The quantitative estimate of drug-likeness (QED) is 0.583. The van der Waals surface area contributed by atoms with E-state index in [-0.39, 0.29) is 34.9 Å². The maximum Gasteiger partial charge on any atom is 0.302 e. The van der Waals surface area contributed by atoms with Crippen molar-refractivity contribution in [1.82, 2.24) is 0 Å². The van der Waals surface area contributed by atoms with Gasteiger partial charge in [-0.25, -0.2) is 0 Å². The van der Waals surface area contributed by atoms with Gasteiger partial charge < -0.3 is 14.9 Å². The molecule has 0 amide bonds. The fourth-order valence-electron chi connectivity index (χ4n) is 7.94. The first kappa shape index (κ1) is 18.5. The molecule has 0 aliphatic heterocycles. The third kappa shape index (κ3) is 2.18. The van der Waals surface area contributed by atoms with Gasteiger partial charge in [-0.15, -0.1) is 0 Å². The van der Waals surface area contributed by atoms with Gasteiger partial charge in [0.05, 0.1) is 6.10 Å². The van der Waals surface area contributed by atoms with E-state index in [2.05, 4.69) is 20.4 Å². The molecule has 146 valence electrons. The first-order valence-electron chi connectivity index (χ1n) is 10.3. The van der Waals surface area contributed by atoms with Gasteiger partial charge in [0, 0.05) is 18.9 Å². The maximum absolute atomic E-state index is 11.9. The molecular formula is C22H34O4. The summed E-state index contributed by atoms with van der Waals surface area (Å²) in [5.41, 5.74) is 0.505. The van der Waals surface area contributed by atoms with E-state index in [0.29, 0.717) is 17.8 Å². The van der Waals surface area contributed by atoms with Gasteiger partial charge in [-0.1, -0.05) is 26.8 Å². The Morgan fingerprint density at radius 1 is 1.27 bits per heavy atom. The Labute approximate surface area is 157 Å². The van der Waals surface area contributed by atoms with Crippen LogP contribution in [0.1, 0.15) is 65.7 Å². The van der Waals surface area contributed by atoms with Gasteiger partial charge in [0.15, 0.2) is 0 Å². The largest absolute Gasteiger partial charge is 0.462 e. The third-order valence-corrected chi connectivity index (χ3v) is 9.05. The Morgan fingerprint density at radius 3 is 2.65 bits per heavy atom. The summed E-state index contributed by atoms with van der Waals surface area (Å²) in [5, 5.41) is 21.5. The Balaban J connectivity index is 1.84. The van der Waals surface area contributed by atoms with Crippen molar-refractivity contribution >= 4 is 5.97 Å². The zero-order valence-electron chi connectivity index (χ0n) is 16.5. The molecule has 0 saturated heterocycles. The lowest BCUT2D eigenvalue weighted by Gasteiger charge is -2.66. The maximum atomic E-state index is 11.9. The highest BCUT2D eigenvalue weighted by Crippen LogP contribution is 2.72. The summed E-state index contributed by atoms with van der Waals surface area (Å²) in [6.07, 6.45) is 6.21. The Bertz CT molecular complexity index is 630. The monoisotopic (exact) mass is 362 g/mol. The molecule has 1 spiro atoms. The SMILES string of the molecule is C=C1C2CCC3C4(C)CCCC(C)(CO)C4CC(OC(C)=O)C3(C2)C1O. The van der Waals surface area contributed by atoms with Crippen molar-refractivity contribution in [2.24, 2.45) is 34.0 Å². The van der Waals surface area contributed by atoms with Gasteiger partial charge in [-0.3, -0.25) is 4.79 Å². The normalized spacial score (nSPS) is 53.0. The van der Waals surface area contributed by atoms with Crippen LogP contribution in [0.2, 0.25) is 0 Å². The van der Waals surface area contributed by atoms with Crippen molar-refractivity contribution in [2.75, 3.05) is 6.61 Å². The number of ether oxygens (including phenoxy) is 1. The standard InChI is InChI=1S/C22H34O4/c1-13-15-6-7-16-21(4)9-5-8-20(3,12-23)17(21)10-18(26-14(2)24)22(16,11-15)19(13)25/h15-19,23,25H,1,5-12H2,2-4H3. The molecule has 0 heterocycles. The second-order valence-corrected chi connectivity index (χ2v) is 10.2. The molecule has 4 heteroatoms.